The van der Waals surface area contributed by atoms with Crippen molar-refractivity contribution in [2.45, 2.75) is 58.8 Å². The van der Waals surface area contributed by atoms with Gasteiger partial charge >= 0.3 is 6.18 Å². The molecule has 0 aliphatic carbocycles. The largest absolute Gasteiger partial charge is 0.416 e. The average molecular weight is 539 g/mol. The number of amides is 1. The van der Waals surface area contributed by atoms with E-state index in [0.717, 1.165) is 34.9 Å². The van der Waals surface area contributed by atoms with E-state index in [1.54, 1.807) is 17.0 Å². The minimum absolute atomic E-state index is 0.00794. The molecule has 2 heterocycles. The fourth-order valence-corrected chi connectivity index (χ4v) is 4.65. The number of aryl methyl sites for hydroxylation is 1. The van der Waals surface area contributed by atoms with Crippen molar-refractivity contribution in [3.8, 4) is 11.3 Å². The summed E-state index contributed by atoms with van der Waals surface area (Å²) in [5.41, 5.74) is 7.68. The van der Waals surface area contributed by atoms with Crippen LogP contribution in [-0.2, 0) is 23.1 Å². The fourth-order valence-electron chi connectivity index (χ4n) is 4.53. The summed E-state index contributed by atoms with van der Waals surface area (Å²) in [6.07, 6.45) is -4.28. The Kier molecular flexibility index (Phi) is 8.39. The number of benzene rings is 2. The lowest BCUT2D eigenvalue weighted by Gasteiger charge is -2.42. The molecule has 37 heavy (non-hydrogen) atoms. The lowest BCUT2D eigenvalue weighted by atomic mass is 9.98. The second-order valence-electron chi connectivity index (χ2n) is 9.75. The molecule has 1 aliphatic heterocycles. The van der Waals surface area contributed by atoms with Gasteiger partial charge in [0.05, 0.1) is 23.3 Å². The molecule has 3 aromatic rings. The summed E-state index contributed by atoms with van der Waals surface area (Å²) in [5, 5.41) is 0.350. The van der Waals surface area contributed by atoms with Gasteiger partial charge in [-0.3, -0.25) is 4.79 Å². The van der Waals surface area contributed by atoms with Gasteiger partial charge in [0, 0.05) is 29.4 Å². The van der Waals surface area contributed by atoms with E-state index in [9.17, 15) is 22.4 Å². The number of fused-ring (bicyclic) bond motifs is 1. The molecule has 5 nitrogen and oxygen atoms in total. The third-order valence-corrected chi connectivity index (χ3v) is 6.83. The van der Waals surface area contributed by atoms with Crippen LogP contribution in [0.25, 0.3) is 11.3 Å². The van der Waals surface area contributed by atoms with Gasteiger partial charge in [0.2, 0.25) is 5.91 Å². The molecule has 2 aromatic carbocycles. The molecule has 0 radical (unpaired) electrons. The topological polar surface area (TPSA) is 64.2 Å². The number of hydrogen-bond acceptors (Lipinski definition) is 3. The van der Waals surface area contributed by atoms with E-state index in [4.69, 9.17) is 22.3 Å². The highest BCUT2D eigenvalue weighted by molar-refractivity contribution is 6.31. The Morgan fingerprint density at radius 1 is 1.14 bits per heavy atom. The first-order chi connectivity index (χ1) is 17.2. The zero-order valence-corrected chi connectivity index (χ0v) is 22.2. The molecule has 1 aromatic heterocycles. The highest BCUT2D eigenvalue weighted by Crippen LogP contribution is 2.38. The number of imidazole rings is 1. The highest BCUT2D eigenvalue weighted by atomic mass is 35.5. The van der Waals surface area contributed by atoms with Gasteiger partial charge in [-0.1, -0.05) is 25.4 Å². The summed E-state index contributed by atoms with van der Waals surface area (Å²) < 4.78 is 51.7. The van der Waals surface area contributed by atoms with Gasteiger partial charge in [0.1, 0.15) is 11.6 Å². The normalized spacial score (nSPS) is 14.8. The smallest absolute Gasteiger partial charge is 0.327 e. The first kappa shape index (κ1) is 28.7. The van der Waals surface area contributed by atoms with Crippen molar-refractivity contribution < 1.29 is 22.4 Å². The minimum Gasteiger partial charge on any atom is -0.327 e. The molecule has 200 valence electrons. The Balaban J connectivity index is 0.000000266. The zero-order chi connectivity index (χ0) is 27.7. The van der Waals surface area contributed by atoms with Gasteiger partial charge in [0.15, 0.2) is 0 Å². The van der Waals surface area contributed by atoms with Crippen LogP contribution in [0.1, 0.15) is 56.3 Å². The first-order valence-electron chi connectivity index (χ1n) is 11.9. The summed E-state index contributed by atoms with van der Waals surface area (Å²) in [5.74, 6) is 0.769. The molecule has 1 aliphatic rings. The Morgan fingerprint density at radius 2 is 1.76 bits per heavy atom. The zero-order valence-electron chi connectivity index (χ0n) is 21.5. The number of nitrogens with zero attached hydrogens (tertiary/aromatic N) is 3. The average Bonchev–Trinajstić information content (AvgIpc) is 3.22. The molecular weight excluding hydrogens is 508 g/mol. The molecule has 0 saturated carbocycles. The number of aromatic nitrogens is 2. The molecule has 0 atom stereocenters. The highest BCUT2D eigenvalue weighted by Gasteiger charge is 2.41. The molecular formula is C27H31ClF4N4O. The molecule has 0 unspecified atom stereocenters. The van der Waals surface area contributed by atoms with Crippen molar-refractivity contribution in [2.24, 2.45) is 5.73 Å². The first-order valence-corrected chi connectivity index (χ1v) is 12.3. The number of carbonyl (C=O) groups excluding carboxylic acids is 1. The summed E-state index contributed by atoms with van der Waals surface area (Å²) in [4.78, 5) is 18.9. The summed E-state index contributed by atoms with van der Waals surface area (Å²) in [6, 6.07) is 9.66. The van der Waals surface area contributed by atoms with Crippen LogP contribution in [0, 0.1) is 12.7 Å². The summed E-state index contributed by atoms with van der Waals surface area (Å²) in [7, 11) is 0. The van der Waals surface area contributed by atoms with E-state index in [1.165, 1.54) is 25.1 Å². The van der Waals surface area contributed by atoms with Gasteiger partial charge in [-0.15, -0.1) is 0 Å². The SMILES string of the molecule is CC(C)c1c(-c2ccc(F)cc2)nc2n1CCN(C(=O)CN)C2(C)C.Cc1cc(C(F)(F)F)ccc1Cl. The van der Waals surface area contributed by atoms with Gasteiger partial charge < -0.3 is 15.2 Å². The fraction of sp³-hybridized carbons (Fsp3) is 0.407. The van der Waals surface area contributed by atoms with Crippen molar-refractivity contribution in [1.29, 1.82) is 0 Å². The quantitative estimate of drug-likeness (QED) is 0.386. The van der Waals surface area contributed by atoms with Crippen LogP contribution in [0.4, 0.5) is 17.6 Å². The molecule has 10 heteroatoms. The number of rotatable bonds is 3. The van der Waals surface area contributed by atoms with Crippen LogP contribution in [0.5, 0.6) is 0 Å². The van der Waals surface area contributed by atoms with Crippen LogP contribution in [0.3, 0.4) is 0 Å². The van der Waals surface area contributed by atoms with Gasteiger partial charge in [-0.25, -0.2) is 9.37 Å². The molecule has 0 saturated heterocycles. The molecule has 0 spiro atoms. The van der Waals surface area contributed by atoms with E-state index < -0.39 is 17.3 Å². The Hall–Kier alpha value is -2.91. The van der Waals surface area contributed by atoms with Crippen LogP contribution in [0.15, 0.2) is 42.5 Å². The number of carbonyl (C=O) groups is 1. The predicted molar refractivity (Wildman–Crippen MR) is 137 cm³/mol. The molecule has 0 bridgehead atoms. The number of alkyl halides is 3. The number of halogens is 5. The Labute approximate surface area is 219 Å². The molecule has 1 amide bonds. The van der Waals surface area contributed by atoms with Crippen LogP contribution in [-0.4, -0.2) is 33.4 Å². The minimum atomic E-state index is -4.28. The van der Waals surface area contributed by atoms with Crippen molar-refractivity contribution >= 4 is 17.5 Å². The van der Waals surface area contributed by atoms with Crippen LogP contribution >= 0.6 is 11.6 Å². The molecule has 4 rings (SSSR count). The summed E-state index contributed by atoms with van der Waals surface area (Å²) in [6.45, 7) is 11.1. The van der Waals surface area contributed by atoms with Crippen molar-refractivity contribution in [3.63, 3.8) is 0 Å². The van der Waals surface area contributed by atoms with E-state index in [1.807, 2.05) is 13.8 Å². The van der Waals surface area contributed by atoms with Gasteiger partial charge in [0.25, 0.3) is 0 Å². The van der Waals surface area contributed by atoms with Crippen molar-refractivity contribution in [3.05, 3.63) is 75.9 Å². The lowest BCUT2D eigenvalue weighted by Crippen LogP contribution is -2.53. The number of hydrogen-bond donors (Lipinski definition) is 1. The molecule has 2 N–H and O–H groups in total. The summed E-state index contributed by atoms with van der Waals surface area (Å²) >= 11 is 5.56. The second-order valence-corrected chi connectivity index (χ2v) is 10.2. The van der Waals surface area contributed by atoms with E-state index in [0.29, 0.717) is 23.7 Å². The van der Waals surface area contributed by atoms with E-state index in [-0.39, 0.29) is 24.2 Å². The van der Waals surface area contributed by atoms with Crippen molar-refractivity contribution in [2.75, 3.05) is 13.1 Å². The monoisotopic (exact) mass is 538 g/mol. The maximum absolute atomic E-state index is 13.3. The van der Waals surface area contributed by atoms with Gasteiger partial charge in [-0.05, 0) is 74.7 Å². The third kappa shape index (κ3) is 5.99. The number of nitrogens with two attached hydrogens (primary N) is 1. The standard InChI is InChI=1S/C19H25FN4O.C8H6ClF3/c1-12(2)17-16(13-5-7-14(20)8-6-13)22-18-19(3,4)24(15(25)11-21)10-9-23(17)18;1-5-4-6(8(10,11)12)2-3-7(5)9/h5-8,12H,9-11,21H2,1-4H3;2-4H,1H3. The van der Waals surface area contributed by atoms with Crippen molar-refractivity contribution in [1.82, 2.24) is 14.5 Å². The maximum Gasteiger partial charge on any atom is 0.416 e. The lowest BCUT2D eigenvalue weighted by molar-refractivity contribution is -0.138. The van der Waals surface area contributed by atoms with Crippen LogP contribution in [0.2, 0.25) is 5.02 Å². The second kappa shape index (κ2) is 10.8. The van der Waals surface area contributed by atoms with E-state index in [2.05, 4.69) is 18.4 Å². The predicted octanol–water partition coefficient (Wildman–Crippen LogP) is 6.52. The third-order valence-electron chi connectivity index (χ3n) is 6.40. The maximum atomic E-state index is 13.3. The van der Waals surface area contributed by atoms with Crippen LogP contribution < -0.4 is 5.73 Å². The Morgan fingerprint density at radius 3 is 2.27 bits per heavy atom. The molecule has 0 fully saturated rings. The van der Waals surface area contributed by atoms with Gasteiger partial charge in [-0.2, -0.15) is 13.2 Å². The Bertz CT molecular complexity index is 1270. The van der Waals surface area contributed by atoms with E-state index >= 15 is 0 Å².